The van der Waals surface area contributed by atoms with Gasteiger partial charge in [0, 0.05) is 53.9 Å². The summed E-state index contributed by atoms with van der Waals surface area (Å²) in [5.41, 5.74) is 9.63. The van der Waals surface area contributed by atoms with E-state index < -0.39 is 0 Å². The minimum absolute atomic E-state index is 0.00101. The third kappa shape index (κ3) is 3.20. The molecule has 29 heavy (non-hydrogen) atoms. The molecule has 1 saturated heterocycles. The Morgan fingerprint density at radius 3 is 2.90 bits per heavy atom. The Kier molecular flexibility index (Phi) is 4.56. The van der Waals surface area contributed by atoms with Crippen LogP contribution < -0.4 is 10.5 Å². The molecule has 0 bridgehead atoms. The van der Waals surface area contributed by atoms with Crippen LogP contribution in [0.4, 0.5) is 0 Å². The summed E-state index contributed by atoms with van der Waals surface area (Å²) in [4.78, 5) is 23.6. The Hall–Kier alpha value is -2.77. The minimum atomic E-state index is -0.0137. The monoisotopic (exact) mass is 406 g/mol. The van der Waals surface area contributed by atoms with Crippen molar-refractivity contribution in [1.82, 2.24) is 14.9 Å². The molecule has 4 heterocycles. The Morgan fingerprint density at radius 2 is 2.14 bits per heavy atom. The molecule has 0 atom stereocenters. The van der Waals surface area contributed by atoms with Crippen molar-refractivity contribution in [2.75, 3.05) is 19.7 Å². The van der Waals surface area contributed by atoms with Gasteiger partial charge in [-0.25, -0.2) is 4.98 Å². The molecule has 0 aliphatic carbocycles. The van der Waals surface area contributed by atoms with Crippen molar-refractivity contribution < 1.29 is 9.53 Å². The average molecular weight is 407 g/mol. The Bertz CT molecular complexity index is 1040. The smallest absolute Gasteiger partial charge is 0.273 e. The van der Waals surface area contributed by atoms with E-state index in [1.807, 2.05) is 34.5 Å². The molecule has 1 fully saturated rings. The number of benzene rings is 1. The predicted octanol–water partition coefficient (Wildman–Crippen LogP) is 3.23. The number of rotatable bonds is 3. The first-order valence-electron chi connectivity index (χ1n) is 9.80. The van der Waals surface area contributed by atoms with Crippen LogP contribution in [-0.4, -0.2) is 40.5 Å². The normalized spacial score (nSPS) is 17.2. The highest BCUT2D eigenvalue weighted by Gasteiger charge is 2.44. The second-order valence-corrected chi connectivity index (χ2v) is 8.53. The fourth-order valence-corrected chi connectivity index (χ4v) is 5.03. The average Bonchev–Trinajstić information content (AvgIpc) is 3.40. The van der Waals surface area contributed by atoms with Crippen LogP contribution in [0.5, 0.6) is 5.75 Å². The van der Waals surface area contributed by atoms with Gasteiger partial charge in [0.05, 0.1) is 6.61 Å². The van der Waals surface area contributed by atoms with Gasteiger partial charge in [-0.1, -0.05) is 12.1 Å². The predicted molar refractivity (Wildman–Crippen MR) is 112 cm³/mol. The molecule has 0 saturated carbocycles. The van der Waals surface area contributed by atoms with Gasteiger partial charge >= 0.3 is 0 Å². The SMILES string of the molecule is NCc1ccc2c(c1)C1(CCN(C(=O)c3csc(-c4cccnc4)n3)CC1)CO2. The van der Waals surface area contributed by atoms with Crippen LogP contribution in [0.2, 0.25) is 0 Å². The quantitative estimate of drug-likeness (QED) is 0.722. The van der Waals surface area contributed by atoms with Crippen molar-refractivity contribution in [2.24, 2.45) is 5.73 Å². The lowest BCUT2D eigenvalue weighted by Gasteiger charge is -2.38. The van der Waals surface area contributed by atoms with Gasteiger partial charge in [0.25, 0.3) is 5.91 Å². The lowest BCUT2D eigenvalue weighted by atomic mass is 9.74. The molecule has 3 aromatic rings. The zero-order chi connectivity index (χ0) is 19.8. The molecule has 1 aromatic carbocycles. The van der Waals surface area contributed by atoms with E-state index in [1.165, 1.54) is 16.9 Å². The summed E-state index contributed by atoms with van der Waals surface area (Å²) in [5, 5.41) is 2.67. The largest absolute Gasteiger partial charge is 0.492 e. The highest BCUT2D eigenvalue weighted by molar-refractivity contribution is 7.13. The first-order valence-corrected chi connectivity index (χ1v) is 10.7. The lowest BCUT2D eigenvalue weighted by Crippen LogP contribution is -2.46. The Labute approximate surface area is 173 Å². The van der Waals surface area contributed by atoms with Gasteiger partial charge in [0.15, 0.2) is 0 Å². The summed E-state index contributed by atoms with van der Waals surface area (Å²) in [7, 11) is 0. The van der Waals surface area contributed by atoms with E-state index in [0.29, 0.717) is 31.9 Å². The van der Waals surface area contributed by atoms with Gasteiger partial charge in [-0.15, -0.1) is 11.3 Å². The Morgan fingerprint density at radius 1 is 1.28 bits per heavy atom. The number of carbonyl (C=O) groups is 1. The number of thiazole rings is 1. The number of hydrogen-bond acceptors (Lipinski definition) is 6. The first kappa shape index (κ1) is 18.3. The maximum atomic E-state index is 13.0. The van der Waals surface area contributed by atoms with E-state index in [-0.39, 0.29) is 11.3 Å². The van der Waals surface area contributed by atoms with Gasteiger partial charge in [0.1, 0.15) is 16.5 Å². The summed E-state index contributed by atoms with van der Waals surface area (Å²) in [6.07, 6.45) is 5.28. The molecule has 148 valence electrons. The van der Waals surface area contributed by atoms with Crippen LogP contribution in [0.15, 0.2) is 48.1 Å². The van der Waals surface area contributed by atoms with E-state index in [0.717, 1.165) is 34.7 Å². The third-order valence-electron chi connectivity index (χ3n) is 5.99. The molecule has 6 nitrogen and oxygen atoms in total. The number of nitrogens with two attached hydrogens (primary N) is 1. The number of fused-ring (bicyclic) bond motifs is 2. The molecule has 0 unspecified atom stereocenters. The fraction of sp³-hybridized carbons (Fsp3) is 0.318. The fourth-order valence-electron chi connectivity index (χ4n) is 4.25. The summed E-state index contributed by atoms with van der Waals surface area (Å²) in [6, 6.07) is 10.1. The molecule has 1 amide bonds. The van der Waals surface area contributed by atoms with Crippen molar-refractivity contribution >= 4 is 17.2 Å². The van der Waals surface area contributed by atoms with Crippen molar-refractivity contribution in [3.63, 3.8) is 0 Å². The maximum absolute atomic E-state index is 13.0. The maximum Gasteiger partial charge on any atom is 0.273 e. The van der Waals surface area contributed by atoms with Gasteiger partial charge in [-0.2, -0.15) is 0 Å². The standard InChI is InChI=1S/C22H22N4O2S/c23-11-15-3-4-19-17(10-15)22(14-28-19)5-8-26(9-6-22)21(27)18-13-29-20(25-18)16-2-1-7-24-12-16/h1-4,7,10,12-13H,5-6,8-9,11,14,23H2. The zero-order valence-electron chi connectivity index (χ0n) is 16.0. The highest BCUT2D eigenvalue weighted by atomic mass is 32.1. The van der Waals surface area contributed by atoms with Crippen molar-refractivity contribution in [3.8, 4) is 16.3 Å². The molecule has 1 spiro atoms. The number of carbonyl (C=O) groups excluding carboxylic acids is 1. The number of amides is 1. The second kappa shape index (κ2) is 7.24. The number of aromatic nitrogens is 2. The number of pyridine rings is 1. The first-order chi connectivity index (χ1) is 14.2. The van der Waals surface area contributed by atoms with Crippen LogP contribution in [-0.2, 0) is 12.0 Å². The van der Waals surface area contributed by atoms with E-state index >= 15 is 0 Å². The number of piperidine rings is 1. The second-order valence-electron chi connectivity index (χ2n) is 7.68. The number of hydrogen-bond donors (Lipinski definition) is 1. The Balaban J connectivity index is 1.31. The van der Waals surface area contributed by atoms with Gasteiger partial charge in [0.2, 0.25) is 0 Å². The number of ether oxygens (including phenoxy) is 1. The van der Waals surface area contributed by atoms with Crippen LogP contribution >= 0.6 is 11.3 Å². The van der Waals surface area contributed by atoms with E-state index in [1.54, 1.807) is 12.4 Å². The molecular formula is C22H22N4O2S. The molecule has 2 aromatic heterocycles. The lowest BCUT2D eigenvalue weighted by molar-refractivity contribution is 0.0641. The van der Waals surface area contributed by atoms with Gasteiger partial charge < -0.3 is 15.4 Å². The number of nitrogens with zero attached hydrogens (tertiary/aromatic N) is 3. The van der Waals surface area contributed by atoms with E-state index in [2.05, 4.69) is 16.0 Å². The molecular weight excluding hydrogens is 384 g/mol. The zero-order valence-corrected chi connectivity index (χ0v) is 16.8. The molecule has 5 rings (SSSR count). The third-order valence-corrected chi connectivity index (χ3v) is 6.89. The summed E-state index contributed by atoms with van der Waals surface area (Å²) in [6.45, 7) is 2.61. The number of likely N-dealkylation sites (tertiary alicyclic amines) is 1. The van der Waals surface area contributed by atoms with Crippen LogP contribution in [0, 0.1) is 0 Å². The molecule has 7 heteroatoms. The molecule has 2 N–H and O–H groups in total. The topological polar surface area (TPSA) is 81.3 Å². The van der Waals surface area contributed by atoms with Gasteiger partial charge in [-0.3, -0.25) is 9.78 Å². The van der Waals surface area contributed by atoms with Crippen molar-refractivity contribution in [3.05, 3.63) is 64.9 Å². The molecule has 2 aliphatic heterocycles. The summed E-state index contributed by atoms with van der Waals surface area (Å²) in [5.74, 6) is 0.962. The minimum Gasteiger partial charge on any atom is -0.492 e. The van der Waals surface area contributed by atoms with E-state index in [4.69, 9.17) is 10.5 Å². The molecule has 2 aliphatic rings. The molecule has 0 radical (unpaired) electrons. The van der Waals surface area contributed by atoms with Crippen molar-refractivity contribution in [1.29, 1.82) is 0 Å². The summed E-state index contributed by atoms with van der Waals surface area (Å²) >= 11 is 1.48. The highest BCUT2D eigenvalue weighted by Crippen LogP contribution is 2.46. The van der Waals surface area contributed by atoms with Crippen molar-refractivity contribution in [2.45, 2.75) is 24.8 Å². The summed E-state index contributed by atoms with van der Waals surface area (Å²) < 4.78 is 5.96. The van der Waals surface area contributed by atoms with Gasteiger partial charge in [-0.05, 0) is 36.6 Å². The van der Waals surface area contributed by atoms with E-state index in [9.17, 15) is 4.79 Å². The van der Waals surface area contributed by atoms with Crippen LogP contribution in [0.3, 0.4) is 0 Å². The van der Waals surface area contributed by atoms with Crippen LogP contribution in [0.1, 0.15) is 34.5 Å². The van der Waals surface area contributed by atoms with Crippen LogP contribution in [0.25, 0.3) is 10.6 Å².